The number of halogens is 2. The van der Waals surface area contributed by atoms with Crippen LogP contribution in [0.3, 0.4) is 0 Å². The molecule has 0 aliphatic rings. The van der Waals surface area contributed by atoms with Gasteiger partial charge in [-0.2, -0.15) is 0 Å². The van der Waals surface area contributed by atoms with Crippen LogP contribution in [-0.2, 0) is 22.4 Å². The molecule has 29 heavy (non-hydrogen) atoms. The average molecular weight is 458 g/mol. The fourth-order valence-electron chi connectivity index (χ4n) is 2.94. The minimum atomic E-state index is -2.46. The second-order valence-electron chi connectivity index (χ2n) is 6.68. The zero-order chi connectivity index (χ0) is 21.6. The summed E-state index contributed by atoms with van der Waals surface area (Å²) in [6.07, 6.45) is 1.20. The number of carbonyl (C=O) groups excluding carboxylic acids is 1. The summed E-state index contributed by atoms with van der Waals surface area (Å²) in [5, 5.41) is 1.01. The van der Waals surface area contributed by atoms with E-state index < -0.39 is 17.2 Å². The number of hydrogen-bond acceptors (Lipinski definition) is 5. The topological polar surface area (TPSA) is 72.9 Å². The Hall–Kier alpha value is -1.64. The van der Waals surface area contributed by atoms with E-state index in [0.29, 0.717) is 34.1 Å². The molecule has 2 aromatic carbocycles. The van der Waals surface area contributed by atoms with Crippen LogP contribution in [0.5, 0.6) is 0 Å². The lowest BCUT2D eigenvalue weighted by Crippen LogP contribution is -2.36. The van der Waals surface area contributed by atoms with Gasteiger partial charge in [0.25, 0.3) is 0 Å². The molecule has 0 aliphatic heterocycles. The molecule has 0 bridgehead atoms. The highest BCUT2D eigenvalue weighted by atomic mass is 35.5. The summed E-state index contributed by atoms with van der Waals surface area (Å²) in [7, 11) is 5.17. The number of ether oxygens (including phenoxy) is 1. The van der Waals surface area contributed by atoms with E-state index in [0.717, 1.165) is 5.56 Å². The van der Waals surface area contributed by atoms with Gasteiger partial charge in [-0.3, -0.25) is 4.21 Å². The minimum absolute atomic E-state index is 0.0476. The van der Waals surface area contributed by atoms with Crippen molar-refractivity contribution in [1.29, 1.82) is 0 Å². The Labute approximate surface area is 183 Å². The van der Waals surface area contributed by atoms with E-state index in [-0.39, 0.29) is 12.6 Å². The Balaban J connectivity index is 2.13. The predicted molar refractivity (Wildman–Crippen MR) is 116 cm³/mol. The molecule has 0 amide bonds. The van der Waals surface area contributed by atoms with Crippen molar-refractivity contribution in [2.24, 2.45) is 0 Å². The molecule has 0 saturated heterocycles. The van der Waals surface area contributed by atoms with E-state index in [1.165, 1.54) is 23.5 Å². The third-order valence-corrected chi connectivity index (χ3v) is 6.25. The summed E-state index contributed by atoms with van der Waals surface area (Å²) >= 11 is 9.95. The van der Waals surface area contributed by atoms with Gasteiger partial charge in [-0.1, -0.05) is 35.3 Å². The second kappa shape index (κ2) is 10.9. The van der Waals surface area contributed by atoms with Crippen molar-refractivity contribution in [3.8, 4) is 0 Å². The first kappa shape index (κ1) is 23.6. The highest BCUT2D eigenvalue weighted by molar-refractivity contribution is 7.80. The standard InChI is InChI=1S/C20H24Cl2N2O4S/c1-23(2)17(13-15-5-4-6-18(21)19(15)22)11-12-24(29(26)27)16-9-7-14(8-10-16)20(25)28-3/h4-10,17H,11-13H2,1-3H3,(H,26,27)/p-1. The maximum Gasteiger partial charge on any atom is 0.337 e. The molecule has 0 aliphatic carbocycles. The molecule has 0 spiro atoms. The summed E-state index contributed by atoms with van der Waals surface area (Å²) in [5.41, 5.74) is 1.74. The normalized spacial score (nSPS) is 13.2. The Morgan fingerprint density at radius 2 is 1.83 bits per heavy atom. The summed E-state index contributed by atoms with van der Waals surface area (Å²) in [6.45, 7) is 0.273. The van der Waals surface area contributed by atoms with Gasteiger partial charge in [0.1, 0.15) is 0 Å². The molecular weight excluding hydrogens is 435 g/mol. The fraction of sp³-hybridized carbons (Fsp3) is 0.350. The van der Waals surface area contributed by atoms with Gasteiger partial charge in [0.05, 0.1) is 22.7 Å². The lowest BCUT2D eigenvalue weighted by Gasteiger charge is -2.31. The summed E-state index contributed by atoms with van der Waals surface area (Å²) in [5.74, 6) is -0.475. The van der Waals surface area contributed by atoms with E-state index in [1.807, 2.05) is 31.1 Å². The zero-order valence-corrected chi connectivity index (χ0v) is 18.8. The lowest BCUT2D eigenvalue weighted by molar-refractivity contribution is 0.0600. The molecule has 2 atom stereocenters. The van der Waals surface area contributed by atoms with E-state index in [4.69, 9.17) is 23.2 Å². The van der Waals surface area contributed by atoms with Crippen molar-refractivity contribution in [2.75, 3.05) is 32.1 Å². The van der Waals surface area contributed by atoms with Crippen LogP contribution in [0.15, 0.2) is 42.5 Å². The molecule has 2 unspecified atom stereocenters. The number of anilines is 1. The number of benzene rings is 2. The number of nitrogens with zero attached hydrogens (tertiary/aromatic N) is 2. The van der Waals surface area contributed by atoms with Gasteiger partial charge >= 0.3 is 5.97 Å². The molecule has 0 aromatic heterocycles. The van der Waals surface area contributed by atoms with E-state index >= 15 is 0 Å². The number of rotatable bonds is 9. The van der Waals surface area contributed by atoms with Gasteiger partial charge in [0, 0.05) is 29.5 Å². The van der Waals surface area contributed by atoms with Crippen LogP contribution >= 0.6 is 23.2 Å². The van der Waals surface area contributed by atoms with Crippen molar-refractivity contribution in [2.45, 2.75) is 18.9 Å². The first-order valence-corrected chi connectivity index (χ1v) is 10.7. The Morgan fingerprint density at radius 1 is 1.17 bits per heavy atom. The van der Waals surface area contributed by atoms with Gasteiger partial charge < -0.3 is 18.5 Å². The van der Waals surface area contributed by atoms with E-state index in [9.17, 15) is 13.6 Å². The highest BCUT2D eigenvalue weighted by Gasteiger charge is 2.18. The summed E-state index contributed by atoms with van der Waals surface area (Å²) in [4.78, 5) is 13.6. The average Bonchev–Trinajstić information content (AvgIpc) is 2.69. The Morgan fingerprint density at radius 3 is 2.38 bits per heavy atom. The van der Waals surface area contributed by atoms with Crippen molar-refractivity contribution < 1.29 is 18.3 Å². The zero-order valence-electron chi connectivity index (χ0n) is 16.4. The first-order chi connectivity index (χ1) is 13.7. The molecular formula is C20H23Cl2N2O4S-. The molecule has 9 heteroatoms. The van der Waals surface area contributed by atoms with Crippen molar-refractivity contribution in [3.63, 3.8) is 0 Å². The van der Waals surface area contributed by atoms with Crippen molar-refractivity contribution in [1.82, 2.24) is 4.90 Å². The van der Waals surface area contributed by atoms with Gasteiger partial charge in [0.15, 0.2) is 0 Å². The molecule has 0 N–H and O–H groups in total. The second-order valence-corrected chi connectivity index (χ2v) is 8.34. The van der Waals surface area contributed by atoms with Crippen LogP contribution in [0.1, 0.15) is 22.3 Å². The quantitative estimate of drug-likeness (QED) is 0.421. The van der Waals surface area contributed by atoms with Crippen molar-refractivity contribution >= 4 is 46.1 Å². The van der Waals surface area contributed by atoms with Crippen LogP contribution in [-0.4, -0.2) is 53.4 Å². The Kier molecular flexibility index (Phi) is 8.92. The summed E-state index contributed by atoms with van der Waals surface area (Å²) in [6, 6.07) is 11.8. The molecule has 6 nitrogen and oxygen atoms in total. The summed E-state index contributed by atoms with van der Waals surface area (Å²) < 4.78 is 29.5. The predicted octanol–water partition coefficient (Wildman–Crippen LogP) is 3.94. The van der Waals surface area contributed by atoms with Crippen LogP contribution in [0.2, 0.25) is 10.0 Å². The first-order valence-electron chi connectivity index (χ1n) is 8.89. The van der Waals surface area contributed by atoms with Crippen LogP contribution in [0.4, 0.5) is 5.69 Å². The maximum atomic E-state index is 11.8. The molecule has 158 valence electrons. The van der Waals surface area contributed by atoms with E-state index in [1.54, 1.807) is 18.2 Å². The third kappa shape index (κ3) is 6.42. The van der Waals surface area contributed by atoms with Crippen LogP contribution in [0.25, 0.3) is 0 Å². The third-order valence-electron chi connectivity index (χ3n) is 4.64. The monoisotopic (exact) mass is 457 g/mol. The molecule has 0 radical (unpaired) electrons. The van der Waals surface area contributed by atoms with Gasteiger partial charge in [-0.05, 0) is 62.8 Å². The number of hydrogen-bond donors (Lipinski definition) is 0. The number of carbonyl (C=O) groups is 1. The van der Waals surface area contributed by atoms with E-state index in [2.05, 4.69) is 4.74 Å². The highest BCUT2D eigenvalue weighted by Crippen LogP contribution is 2.28. The number of likely N-dealkylation sites (N-methyl/N-ethyl adjacent to an activating group) is 1. The van der Waals surface area contributed by atoms with Gasteiger partial charge in [-0.25, -0.2) is 4.79 Å². The fourth-order valence-corrected chi connectivity index (χ4v) is 3.89. The largest absolute Gasteiger partial charge is 0.755 e. The minimum Gasteiger partial charge on any atom is -0.755 e. The molecule has 2 aromatic rings. The molecule has 0 saturated carbocycles. The van der Waals surface area contributed by atoms with Crippen molar-refractivity contribution in [3.05, 3.63) is 63.6 Å². The Bertz CT molecular complexity index is 862. The van der Waals surface area contributed by atoms with Gasteiger partial charge in [0.2, 0.25) is 0 Å². The van der Waals surface area contributed by atoms with Crippen LogP contribution < -0.4 is 4.31 Å². The lowest BCUT2D eigenvalue weighted by atomic mass is 10.0. The molecule has 0 fully saturated rings. The number of esters is 1. The smallest absolute Gasteiger partial charge is 0.337 e. The molecule has 2 rings (SSSR count). The maximum absolute atomic E-state index is 11.8. The molecule has 0 heterocycles. The SMILES string of the molecule is COC(=O)c1ccc(N(CCC(Cc2cccc(Cl)c2Cl)N(C)C)S(=O)[O-])cc1. The van der Waals surface area contributed by atoms with Gasteiger partial charge in [-0.15, -0.1) is 0 Å². The number of methoxy groups -OCH3 is 1. The van der Waals surface area contributed by atoms with Crippen LogP contribution in [0, 0.1) is 0 Å².